The lowest BCUT2D eigenvalue weighted by molar-refractivity contribution is -0.124. The Morgan fingerprint density at radius 3 is 3.00 bits per heavy atom. The van der Waals surface area contributed by atoms with Crippen LogP contribution in [0.2, 0.25) is 0 Å². The lowest BCUT2D eigenvalue weighted by Crippen LogP contribution is -2.25. The Kier molecular flexibility index (Phi) is 5.50. The summed E-state index contributed by atoms with van der Waals surface area (Å²) in [5.41, 5.74) is 6.10. The molecule has 0 aliphatic carbocycles. The second kappa shape index (κ2) is 8.37. The largest absolute Gasteiger partial charge is 0.346 e. The number of carbonyl (C=O) groups excluding carboxylic acids is 1. The van der Waals surface area contributed by atoms with E-state index in [1.165, 1.54) is 29.0 Å². The molecule has 4 rings (SSSR count). The Balaban J connectivity index is 1.42. The molecule has 3 aromatic rings. The first-order chi connectivity index (χ1) is 13.7. The molecule has 0 radical (unpaired) electrons. The van der Waals surface area contributed by atoms with Gasteiger partial charge in [-0.2, -0.15) is 0 Å². The van der Waals surface area contributed by atoms with E-state index in [1.54, 1.807) is 11.6 Å². The number of rotatable bonds is 6. The highest BCUT2D eigenvalue weighted by atomic mass is 16.5. The number of aromatic amines is 1. The summed E-state index contributed by atoms with van der Waals surface area (Å²) in [6.07, 6.45) is 10.3. The number of likely N-dealkylation sites (tertiary alicyclic amines) is 1. The van der Waals surface area contributed by atoms with E-state index < -0.39 is 5.91 Å². The van der Waals surface area contributed by atoms with Crippen LogP contribution in [0.25, 0.3) is 17.1 Å². The van der Waals surface area contributed by atoms with E-state index in [0.717, 1.165) is 37.1 Å². The van der Waals surface area contributed by atoms with Crippen molar-refractivity contribution in [3.63, 3.8) is 0 Å². The van der Waals surface area contributed by atoms with E-state index in [2.05, 4.69) is 39.3 Å². The molecule has 1 aliphatic heterocycles. The summed E-state index contributed by atoms with van der Waals surface area (Å²) in [5, 5.41) is 9.75. The molecule has 2 aromatic heterocycles. The van der Waals surface area contributed by atoms with Crippen molar-refractivity contribution in [3.05, 3.63) is 71.6 Å². The van der Waals surface area contributed by atoms with Gasteiger partial charge in [-0.3, -0.25) is 14.9 Å². The maximum absolute atomic E-state index is 11.1. The first kappa shape index (κ1) is 18.4. The summed E-state index contributed by atoms with van der Waals surface area (Å²) < 4.78 is 0. The normalized spacial score (nSPS) is 17.5. The third-order valence-corrected chi connectivity index (χ3v) is 5.43. The molecule has 0 saturated carbocycles. The Labute approximate surface area is 163 Å². The SMILES string of the molecule is O=C(C=Cc1ccc([C@@H]2CCCN2CCc2c[nH]c3ncccc23)cc1)NO. The molecule has 3 N–H and O–H groups in total. The third kappa shape index (κ3) is 3.98. The van der Waals surface area contributed by atoms with Gasteiger partial charge in [0.2, 0.25) is 0 Å². The number of nitrogens with one attached hydrogen (secondary N) is 2. The fourth-order valence-corrected chi connectivity index (χ4v) is 3.99. The molecule has 3 heterocycles. The van der Waals surface area contributed by atoms with Crippen LogP contribution >= 0.6 is 0 Å². The minimum absolute atomic E-state index is 0.433. The van der Waals surface area contributed by atoms with Crippen molar-refractivity contribution >= 4 is 23.0 Å². The van der Waals surface area contributed by atoms with Gasteiger partial charge in [-0.15, -0.1) is 0 Å². The van der Waals surface area contributed by atoms with Gasteiger partial charge < -0.3 is 4.98 Å². The van der Waals surface area contributed by atoms with E-state index in [0.29, 0.717) is 6.04 Å². The zero-order valence-electron chi connectivity index (χ0n) is 15.6. The second-order valence-electron chi connectivity index (χ2n) is 7.13. The monoisotopic (exact) mass is 376 g/mol. The maximum atomic E-state index is 11.1. The summed E-state index contributed by atoms with van der Waals surface area (Å²) in [4.78, 5) is 21.3. The lowest BCUT2D eigenvalue weighted by Gasteiger charge is -2.25. The molecule has 1 atom stereocenters. The number of hydrogen-bond donors (Lipinski definition) is 3. The number of H-pyrrole nitrogens is 1. The van der Waals surface area contributed by atoms with E-state index >= 15 is 0 Å². The Bertz CT molecular complexity index is 978. The first-order valence-corrected chi connectivity index (χ1v) is 9.62. The van der Waals surface area contributed by atoms with Crippen LogP contribution < -0.4 is 5.48 Å². The number of nitrogens with zero attached hydrogens (tertiary/aromatic N) is 2. The summed E-state index contributed by atoms with van der Waals surface area (Å²) in [6.45, 7) is 2.13. The molecule has 1 saturated heterocycles. The number of amides is 1. The van der Waals surface area contributed by atoms with Crippen LogP contribution in [0.15, 0.2) is 54.9 Å². The zero-order chi connectivity index (χ0) is 19.3. The molecule has 1 aromatic carbocycles. The molecule has 0 spiro atoms. The predicted octanol–water partition coefficient (Wildman–Crippen LogP) is 3.46. The molecule has 6 heteroatoms. The van der Waals surface area contributed by atoms with E-state index in [4.69, 9.17) is 5.21 Å². The summed E-state index contributed by atoms with van der Waals surface area (Å²) >= 11 is 0. The predicted molar refractivity (Wildman–Crippen MR) is 109 cm³/mol. The lowest BCUT2D eigenvalue weighted by atomic mass is 10.0. The number of aromatic nitrogens is 2. The average molecular weight is 376 g/mol. The van der Waals surface area contributed by atoms with Crippen LogP contribution in [0, 0.1) is 0 Å². The highest BCUT2D eigenvalue weighted by Gasteiger charge is 2.25. The molecule has 6 nitrogen and oxygen atoms in total. The molecule has 1 amide bonds. The standard InChI is InChI=1S/C22H24N4O2/c27-21(25-28)10-7-16-5-8-17(9-6-16)20-4-2-13-26(20)14-11-18-15-24-22-19(18)3-1-12-23-22/h1,3,5-10,12,15,20,28H,2,4,11,13-14H2,(H,23,24)(H,25,27)/t20-/m0/s1. The molecule has 144 valence electrons. The van der Waals surface area contributed by atoms with E-state index in [-0.39, 0.29) is 0 Å². The Morgan fingerprint density at radius 1 is 1.32 bits per heavy atom. The molecule has 1 aliphatic rings. The van der Waals surface area contributed by atoms with Gasteiger partial charge in [0.15, 0.2) is 0 Å². The molecule has 28 heavy (non-hydrogen) atoms. The number of hydroxylamine groups is 1. The minimum atomic E-state index is -0.529. The van der Waals surface area contributed by atoms with Gasteiger partial charge in [0.05, 0.1) is 0 Å². The molecule has 0 bridgehead atoms. The zero-order valence-corrected chi connectivity index (χ0v) is 15.6. The summed E-state index contributed by atoms with van der Waals surface area (Å²) in [7, 11) is 0. The van der Waals surface area contributed by atoms with Gasteiger partial charge in [0, 0.05) is 36.4 Å². The smallest absolute Gasteiger partial charge is 0.267 e. The van der Waals surface area contributed by atoms with Crippen molar-refractivity contribution in [1.29, 1.82) is 0 Å². The Hall–Kier alpha value is -2.96. The van der Waals surface area contributed by atoms with Gasteiger partial charge in [-0.05, 0) is 60.7 Å². The third-order valence-electron chi connectivity index (χ3n) is 5.43. The quantitative estimate of drug-likeness (QED) is 0.350. The summed E-state index contributed by atoms with van der Waals surface area (Å²) in [5.74, 6) is -0.529. The van der Waals surface area contributed by atoms with Gasteiger partial charge in [-0.25, -0.2) is 10.5 Å². The topological polar surface area (TPSA) is 81.2 Å². The number of benzene rings is 1. The van der Waals surface area contributed by atoms with Crippen molar-refractivity contribution in [2.45, 2.75) is 25.3 Å². The van der Waals surface area contributed by atoms with Crippen molar-refractivity contribution in [1.82, 2.24) is 20.3 Å². The van der Waals surface area contributed by atoms with Crippen LogP contribution in [0.5, 0.6) is 0 Å². The van der Waals surface area contributed by atoms with Crippen LogP contribution in [-0.2, 0) is 11.2 Å². The van der Waals surface area contributed by atoms with E-state index in [9.17, 15) is 4.79 Å². The highest BCUT2D eigenvalue weighted by molar-refractivity contribution is 5.90. The van der Waals surface area contributed by atoms with Gasteiger partial charge in [0.25, 0.3) is 5.91 Å². The van der Waals surface area contributed by atoms with Gasteiger partial charge >= 0.3 is 0 Å². The number of hydrogen-bond acceptors (Lipinski definition) is 4. The van der Waals surface area contributed by atoms with Crippen molar-refractivity contribution in [2.75, 3.05) is 13.1 Å². The van der Waals surface area contributed by atoms with Gasteiger partial charge in [-0.1, -0.05) is 24.3 Å². The molecular weight excluding hydrogens is 352 g/mol. The fraction of sp³-hybridized carbons (Fsp3) is 0.273. The average Bonchev–Trinajstić information content (AvgIpc) is 3.37. The number of pyridine rings is 1. The van der Waals surface area contributed by atoms with Crippen LogP contribution in [0.1, 0.15) is 35.6 Å². The molecular formula is C22H24N4O2. The van der Waals surface area contributed by atoms with Crippen molar-refractivity contribution < 1.29 is 10.0 Å². The first-order valence-electron chi connectivity index (χ1n) is 9.62. The molecule has 0 unspecified atom stereocenters. The van der Waals surface area contributed by atoms with Gasteiger partial charge in [0.1, 0.15) is 5.65 Å². The number of fused-ring (bicyclic) bond motifs is 1. The number of carbonyl (C=O) groups is 1. The fourth-order valence-electron chi connectivity index (χ4n) is 3.99. The van der Waals surface area contributed by atoms with E-state index in [1.807, 2.05) is 24.4 Å². The Morgan fingerprint density at radius 2 is 2.18 bits per heavy atom. The van der Waals surface area contributed by atoms with Crippen LogP contribution in [-0.4, -0.2) is 39.1 Å². The van der Waals surface area contributed by atoms with Crippen molar-refractivity contribution in [2.24, 2.45) is 0 Å². The highest BCUT2D eigenvalue weighted by Crippen LogP contribution is 2.32. The second-order valence-corrected chi connectivity index (χ2v) is 7.13. The van der Waals surface area contributed by atoms with Crippen LogP contribution in [0.4, 0.5) is 0 Å². The van der Waals surface area contributed by atoms with Crippen molar-refractivity contribution in [3.8, 4) is 0 Å². The molecule has 1 fully saturated rings. The minimum Gasteiger partial charge on any atom is -0.346 e. The summed E-state index contributed by atoms with van der Waals surface area (Å²) in [6, 6.07) is 12.8. The van der Waals surface area contributed by atoms with Crippen LogP contribution in [0.3, 0.4) is 0 Å². The maximum Gasteiger partial charge on any atom is 0.267 e.